The third kappa shape index (κ3) is 3.65. The van der Waals surface area contributed by atoms with Crippen LogP contribution in [-0.2, 0) is 29.1 Å². The fraction of sp³-hybridized carbons (Fsp3) is 0.750. The van der Waals surface area contributed by atoms with E-state index in [2.05, 4.69) is 4.74 Å². The molecule has 1 rings (SSSR count). The highest BCUT2D eigenvalue weighted by Gasteiger charge is 2.34. The van der Waals surface area contributed by atoms with Crippen molar-refractivity contribution < 1.29 is 32.6 Å². The Morgan fingerprint density at radius 3 is 2.71 bits per heavy atom. The Hall–Kier alpha value is -1.19. The smallest absolute Gasteiger partial charge is 0.336 e. The van der Waals surface area contributed by atoms with Gasteiger partial charge in [-0.2, -0.15) is 4.31 Å². The average molecular weight is 267 g/mol. The predicted octanol–water partition coefficient (Wildman–Crippen LogP) is -1.73. The van der Waals surface area contributed by atoms with E-state index < -0.39 is 33.8 Å². The highest BCUT2D eigenvalue weighted by molar-refractivity contribution is 7.89. The number of carbonyl (C=O) groups is 2. The summed E-state index contributed by atoms with van der Waals surface area (Å²) in [7, 11) is -2.75. The third-order valence-electron chi connectivity index (χ3n) is 2.19. The van der Waals surface area contributed by atoms with E-state index in [1.54, 1.807) is 0 Å². The first-order chi connectivity index (χ1) is 7.86. The fourth-order valence-corrected chi connectivity index (χ4v) is 2.61. The van der Waals surface area contributed by atoms with E-state index in [4.69, 9.17) is 9.84 Å². The molecule has 0 aromatic carbocycles. The molecule has 17 heavy (non-hydrogen) atoms. The first-order valence-corrected chi connectivity index (χ1v) is 6.37. The van der Waals surface area contributed by atoms with E-state index in [9.17, 15) is 18.0 Å². The molecule has 8 nitrogen and oxygen atoms in total. The number of methoxy groups -OCH3 is 1. The molecule has 0 saturated carbocycles. The van der Waals surface area contributed by atoms with Crippen LogP contribution < -0.4 is 0 Å². The second-order valence-corrected chi connectivity index (χ2v) is 5.36. The molecule has 0 radical (unpaired) electrons. The van der Waals surface area contributed by atoms with Crippen molar-refractivity contribution in [1.82, 2.24) is 4.31 Å². The Balaban J connectivity index is 2.72. The summed E-state index contributed by atoms with van der Waals surface area (Å²) < 4.78 is 33.6. The second kappa shape index (κ2) is 5.43. The van der Waals surface area contributed by atoms with Crippen LogP contribution in [0, 0.1) is 0 Å². The van der Waals surface area contributed by atoms with Gasteiger partial charge in [0.05, 0.1) is 20.3 Å². The minimum absolute atomic E-state index is 0.0264. The molecule has 1 aliphatic heterocycles. The second-order valence-electron chi connectivity index (χ2n) is 3.39. The van der Waals surface area contributed by atoms with Gasteiger partial charge in [-0.15, -0.1) is 0 Å². The van der Waals surface area contributed by atoms with Gasteiger partial charge in [0.2, 0.25) is 10.0 Å². The number of hydrogen-bond acceptors (Lipinski definition) is 6. The summed E-state index contributed by atoms with van der Waals surface area (Å²) >= 11 is 0. The van der Waals surface area contributed by atoms with Crippen molar-refractivity contribution in [3.05, 3.63) is 0 Å². The number of nitrogens with zero attached hydrogens (tertiary/aromatic N) is 1. The number of ether oxygens (including phenoxy) is 2. The van der Waals surface area contributed by atoms with Crippen molar-refractivity contribution in [3.63, 3.8) is 0 Å². The molecule has 9 heteroatoms. The molecule has 1 atom stereocenters. The number of carboxylic acid groups (broad SMARTS) is 1. The van der Waals surface area contributed by atoms with Crippen molar-refractivity contribution in [2.45, 2.75) is 6.10 Å². The van der Waals surface area contributed by atoms with E-state index in [1.807, 2.05) is 0 Å². The van der Waals surface area contributed by atoms with Crippen molar-refractivity contribution in [3.8, 4) is 0 Å². The van der Waals surface area contributed by atoms with Gasteiger partial charge in [0.15, 0.2) is 11.9 Å². The molecule has 98 valence electrons. The highest BCUT2D eigenvalue weighted by atomic mass is 32.2. The van der Waals surface area contributed by atoms with Crippen molar-refractivity contribution in [2.24, 2.45) is 0 Å². The van der Waals surface area contributed by atoms with Crippen molar-refractivity contribution >= 4 is 22.0 Å². The Labute approximate surface area is 98.2 Å². The van der Waals surface area contributed by atoms with Gasteiger partial charge in [0.1, 0.15) is 0 Å². The number of morpholine rings is 1. The summed E-state index contributed by atoms with van der Waals surface area (Å²) in [5, 5.41) is 8.47. The maximum atomic E-state index is 11.6. The number of rotatable bonds is 4. The zero-order valence-electron chi connectivity index (χ0n) is 9.16. The highest BCUT2D eigenvalue weighted by Crippen LogP contribution is 2.11. The van der Waals surface area contributed by atoms with E-state index in [0.29, 0.717) is 0 Å². The third-order valence-corrected chi connectivity index (χ3v) is 3.92. The number of carbonyl (C=O) groups excluding carboxylic acids is 1. The molecule has 1 fully saturated rings. The monoisotopic (exact) mass is 267 g/mol. The normalized spacial score (nSPS) is 22.1. The minimum Gasteiger partial charge on any atom is -0.480 e. The maximum Gasteiger partial charge on any atom is 0.336 e. The molecule has 0 aromatic heterocycles. The van der Waals surface area contributed by atoms with Crippen LogP contribution in [0.2, 0.25) is 0 Å². The van der Waals surface area contributed by atoms with Crippen LogP contribution in [0.4, 0.5) is 0 Å². The summed E-state index contributed by atoms with van der Waals surface area (Å²) in [4.78, 5) is 21.6. The SMILES string of the molecule is COC(=O)C1CN(S(=O)(=O)CC(=O)O)CCO1. The van der Waals surface area contributed by atoms with Crippen LogP contribution in [0.15, 0.2) is 0 Å². The van der Waals surface area contributed by atoms with Gasteiger partial charge < -0.3 is 14.6 Å². The van der Waals surface area contributed by atoms with E-state index in [0.717, 1.165) is 11.4 Å². The van der Waals surface area contributed by atoms with Gasteiger partial charge in [0.25, 0.3) is 0 Å². The van der Waals surface area contributed by atoms with Crippen LogP contribution in [0.1, 0.15) is 0 Å². The zero-order valence-corrected chi connectivity index (χ0v) is 9.97. The predicted molar refractivity (Wildman–Crippen MR) is 54.8 cm³/mol. The summed E-state index contributed by atoms with van der Waals surface area (Å²) in [6.45, 7) is -0.163. The van der Waals surface area contributed by atoms with Gasteiger partial charge in [0, 0.05) is 6.54 Å². The molecule has 1 unspecified atom stereocenters. The lowest BCUT2D eigenvalue weighted by Crippen LogP contribution is -2.50. The van der Waals surface area contributed by atoms with E-state index in [1.165, 1.54) is 0 Å². The molecule has 1 heterocycles. The molecular weight excluding hydrogens is 254 g/mol. The molecule has 0 spiro atoms. The quantitative estimate of drug-likeness (QED) is 0.603. The standard InChI is InChI=1S/C8H13NO7S/c1-15-8(12)6-4-9(2-3-16-6)17(13,14)5-7(10)11/h6H,2-5H2,1H3,(H,10,11). The van der Waals surface area contributed by atoms with Crippen LogP contribution >= 0.6 is 0 Å². The molecule has 0 aliphatic carbocycles. The van der Waals surface area contributed by atoms with Crippen molar-refractivity contribution in [1.29, 1.82) is 0 Å². The summed E-state index contributed by atoms with van der Waals surface area (Å²) in [6, 6.07) is 0. The molecule has 0 bridgehead atoms. The van der Waals surface area contributed by atoms with Crippen molar-refractivity contribution in [2.75, 3.05) is 32.6 Å². The van der Waals surface area contributed by atoms with Gasteiger partial charge >= 0.3 is 11.9 Å². The summed E-state index contributed by atoms with van der Waals surface area (Å²) in [5.74, 6) is -3.12. The maximum absolute atomic E-state index is 11.6. The number of carboxylic acids is 1. The number of hydrogen-bond donors (Lipinski definition) is 1. The molecule has 0 aromatic rings. The van der Waals surface area contributed by atoms with Gasteiger partial charge in [-0.05, 0) is 0 Å². The summed E-state index contributed by atoms with van der Waals surface area (Å²) in [6.07, 6.45) is -1.00. The lowest BCUT2D eigenvalue weighted by Gasteiger charge is -2.30. The molecule has 0 amide bonds. The Bertz CT molecular complexity index is 404. The number of esters is 1. The minimum atomic E-state index is -3.91. The summed E-state index contributed by atoms with van der Waals surface area (Å²) in [5.41, 5.74) is 0. The first-order valence-electron chi connectivity index (χ1n) is 4.76. The zero-order chi connectivity index (χ0) is 13.1. The van der Waals surface area contributed by atoms with E-state index >= 15 is 0 Å². The van der Waals surface area contributed by atoms with E-state index in [-0.39, 0.29) is 19.7 Å². The Kier molecular flexibility index (Phi) is 4.43. The Morgan fingerprint density at radius 2 is 2.18 bits per heavy atom. The van der Waals surface area contributed by atoms with Gasteiger partial charge in [-0.1, -0.05) is 0 Å². The topological polar surface area (TPSA) is 110 Å². The average Bonchev–Trinajstić information content (AvgIpc) is 2.26. The van der Waals surface area contributed by atoms with Crippen LogP contribution in [-0.4, -0.2) is 68.4 Å². The van der Waals surface area contributed by atoms with Gasteiger partial charge in [-0.25, -0.2) is 13.2 Å². The largest absolute Gasteiger partial charge is 0.480 e. The van der Waals surface area contributed by atoms with Crippen LogP contribution in [0.3, 0.4) is 0 Å². The van der Waals surface area contributed by atoms with Crippen LogP contribution in [0.25, 0.3) is 0 Å². The fourth-order valence-electron chi connectivity index (χ4n) is 1.40. The number of sulfonamides is 1. The molecule has 1 saturated heterocycles. The first kappa shape index (κ1) is 13.9. The molecule has 1 N–H and O–H groups in total. The number of aliphatic carboxylic acids is 1. The Morgan fingerprint density at radius 1 is 1.53 bits per heavy atom. The molecular formula is C8H13NO7S. The lowest BCUT2D eigenvalue weighted by molar-refractivity contribution is -0.157. The van der Waals surface area contributed by atoms with Crippen LogP contribution in [0.5, 0.6) is 0 Å². The lowest BCUT2D eigenvalue weighted by atomic mass is 10.3. The van der Waals surface area contributed by atoms with Gasteiger partial charge in [-0.3, -0.25) is 4.79 Å². The molecule has 1 aliphatic rings.